The second-order valence-corrected chi connectivity index (χ2v) is 2.36. The van der Waals surface area contributed by atoms with Gasteiger partial charge in [-0.05, 0) is 23.8 Å². The standard InChI is InChI=1S/C7H5ClO2/c8-7-4-6-5(10-7)2-1-3-9-6/h1-2,4H,3H2. The van der Waals surface area contributed by atoms with Gasteiger partial charge in [0.05, 0.1) is 0 Å². The van der Waals surface area contributed by atoms with Crippen molar-refractivity contribution in [1.29, 1.82) is 0 Å². The van der Waals surface area contributed by atoms with Crippen LogP contribution in [0, 0.1) is 0 Å². The zero-order valence-corrected chi connectivity index (χ0v) is 5.89. The monoisotopic (exact) mass is 156 g/mol. The van der Waals surface area contributed by atoms with Gasteiger partial charge in [-0.2, -0.15) is 0 Å². The Labute approximate surface area is 63.0 Å². The SMILES string of the molecule is Clc1cc2c(o1)C=CCO2. The summed E-state index contributed by atoms with van der Waals surface area (Å²) in [7, 11) is 0. The van der Waals surface area contributed by atoms with E-state index in [0.717, 1.165) is 5.75 Å². The highest BCUT2D eigenvalue weighted by molar-refractivity contribution is 6.29. The first kappa shape index (κ1) is 5.86. The zero-order valence-electron chi connectivity index (χ0n) is 5.13. The molecule has 1 aliphatic heterocycles. The fourth-order valence-electron chi connectivity index (χ4n) is 0.881. The largest absolute Gasteiger partial charge is 0.485 e. The van der Waals surface area contributed by atoms with Crippen molar-refractivity contribution in [3.63, 3.8) is 0 Å². The Kier molecular flexibility index (Phi) is 1.21. The molecule has 0 N–H and O–H groups in total. The average molecular weight is 157 g/mol. The van der Waals surface area contributed by atoms with Crippen molar-refractivity contribution in [2.45, 2.75) is 0 Å². The second-order valence-electron chi connectivity index (χ2n) is 1.99. The molecule has 0 saturated carbocycles. The quantitative estimate of drug-likeness (QED) is 0.575. The Balaban J connectivity index is 2.53. The molecule has 1 aliphatic rings. The lowest BCUT2D eigenvalue weighted by molar-refractivity contribution is 0.350. The highest BCUT2D eigenvalue weighted by atomic mass is 35.5. The molecule has 52 valence electrons. The maximum Gasteiger partial charge on any atom is 0.197 e. The van der Waals surface area contributed by atoms with Crippen LogP contribution < -0.4 is 4.74 Å². The third kappa shape index (κ3) is 0.809. The Morgan fingerprint density at radius 1 is 1.50 bits per heavy atom. The minimum Gasteiger partial charge on any atom is -0.485 e. The Morgan fingerprint density at radius 3 is 3.20 bits per heavy atom. The molecule has 1 aromatic heterocycles. The summed E-state index contributed by atoms with van der Waals surface area (Å²) in [4.78, 5) is 0. The van der Waals surface area contributed by atoms with Crippen LogP contribution in [0.4, 0.5) is 0 Å². The number of ether oxygens (including phenoxy) is 1. The summed E-state index contributed by atoms with van der Waals surface area (Å²) in [6.07, 6.45) is 3.73. The fourth-order valence-corrected chi connectivity index (χ4v) is 1.06. The minimum atomic E-state index is 0.372. The lowest BCUT2D eigenvalue weighted by atomic mass is 10.3. The van der Waals surface area contributed by atoms with Crippen LogP contribution in [0.2, 0.25) is 5.22 Å². The third-order valence-corrected chi connectivity index (χ3v) is 1.49. The first-order valence-electron chi connectivity index (χ1n) is 2.95. The summed E-state index contributed by atoms with van der Waals surface area (Å²) in [5.41, 5.74) is 0. The van der Waals surface area contributed by atoms with Gasteiger partial charge in [0, 0.05) is 6.07 Å². The van der Waals surface area contributed by atoms with Crippen molar-refractivity contribution in [2.24, 2.45) is 0 Å². The maximum atomic E-state index is 5.57. The number of rotatable bonds is 0. The van der Waals surface area contributed by atoms with E-state index in [4.69, 9.17) is 20.8 Å². The van der Waals surface area contributed by atoms with Crippen LogP contribution in [0.5, 0.6) is 5.75 Å². The molecule has 0 fully saturated rings. The molecule has 0 atom stereocenters. The van der Waals surface area contributed by atoms with Gasteiger partial charge in [0.2, 0.25) is 0 Å². The van der Waals surface area contributed by atoms with E-state index >= 15 is 0 Å². The van der Waals surface area contributed by atoms with Gasteiger partial charge in [-0.3, -0.25) is 0 Å². The smallest absolute Gasteiger partial charge is 0.197 e. The van der Waals surface area contributed by atoms with Crippen molar-refractivity contribution in [3.8, 4) is 5.75 Å². The van der Waals surface area contributed by atoms with E-state index in [1.165, 1.54) is 0 Å². The highest BCUT2D eigenvalue weighted by Gasteiger charge is 2.10. The van der Waals surface area contributed by atoms with E-state index in [-0.39, 0.29) is 0 Å². The van der Waals surface area contributed by atoms with E-state index in [9.17, 15) is 0 Å². The van der Waals surface area contributed by atoms with E-state index < -0.39 is 0 Å². The van der Waals surface area contributed by atoms with Crippen LogP contribution in [0.15, 0.2) is 16.6 Å². The van der Waals surface area contributed by atoms with Gasteiger partial charge < -0.3 is 9.15 Å². The molecular weight excluding hydrogens is 152 g/mol. The van der Waals surface area contributed by atoms with Crippen molar-refractivity contribution in [2.75, 3.05) is 6.61 Å². The zero-order chi connectivity index (χ0) is 6.97. The molecule has 0 unspecified atom stereocenters. The molecule has 2 nitrogen and oxygen atoms in total. The molecule has 3 heteroatoms. The number of hydrogen-bond acceptors (Lipinski definition) is 2. The summed E-state index contributed by atoms with van der Waals surface area (Å²) in [6, 6.07) is 1.67. The molecule has 0 amide bonds. The maximum absolute atomic E-state index is 5.57. The molecule has 10 heavy (non-hydrogen) atoms. The van der Waals surface area contributed by atoms with Crippen LogP contribution >= 0.6 is 11.6 Å². The lowest BCUT2D eigenvalue weighted by Gasteiger charge is -2.03. The third-order valence-electron chi connectivity index (χ3n) is 1.30. The first-order chi connectivity index (χ1) is 4.86. The van der Waals surface area contributed by atoms with Crippen LogP contribution in [-0.2, 0) is 0 Å². The van der Waals surface area contributed by atoms with Crippen molar-refractivity contribution in [3.05, 3.63) is 23.1 Å². The van der Waals surface area contributed by atoms with Gasteiger partial charge in [-0.25, -0.2) is 0 Å². The van der Waals surface area contributed by atoms with Crippen LogP contribution in [0.3, 0.4) is 0 Å². The van der Waals surface area contributed by atoms with E-state index in [2.05, 4.69) is 0 Å². The number of furan rings is 1. The Morgan fingerprint density at radius 2 is 2.40 bits per heavy atom. The molecular formula is C7H5ClO2. The predicted molar refractivity (Wildman–Crippen MR) is 38.2 cm³/mol. The summed E-state index contributed by atoms with van der Waals surface area (Å²) in [5, 5.41) is 0.372. The molecule has 2 rings (SSSR count). The Hall–Kier alpha value is -0.890. The Bertz CT molecular complexity index is 275. The minimum absolute atomic E-state index is 0.372. The number of hydrogen-bond donors (Lipinski definition) is 0. The topological polar surface area (TPSA) is 22.4 Å². The highest BCUT2D eigenvalue weighted by Crippen LogP contribution is 2.29. The molecule has 2 heterocycles. The van der Waals surface area contributed by atoms with E-state index in [1.54, 1.807) is 6.07 Å². The van der Waals surface area contributed by atoms with Crippen molar-refractivity contribution < 1.29 is 9.15 Å². The summed E-state index contributed by atoms with van der Waals surface area (Å²) in [5.74, 6) is 1.43. The van der Waals surface area contributed by atoms with Crippen molar-refractivity contribution >= 4 is 17.7 Å². The average Bonchev–Trinajstić information content (AvgIpc) is 2.27. The fraction of sp³-hybridized carbons (Fsp3) is 0.143. The molecule has 1 aromatic rings. The van der Waals surface area contributed by atoms with Gasteiger partial charge in [0.25, 0.3) is 0 Å². The lowest BCUT2D eigenvalue weighted by Crippen LogP contribution is -1.96. The van der Waals surface area contributed by atoms with Crippen LogP contribution in [0.25, 0.3) is 6.08 Å². The molecule has 0 radical (unpaired) electrons. The normalized spacial score (nSPS) is 14.5. The van der Waals surface area contributed by atoms with E-state index in [0.29, 0.717) is 17.6 Å². The summed E-state index contributed by atoms with van der Waals surface area (Å²) < 4.78 is 10.2. The van der Waals surface area contributed by atoms with Gasteiger partial charge in [0.15, 0.2) is 16.7 Å². The first-order valence-corrected chi connectivity index (χ1v) is 3.33. The molecule has 0 spiro atoms. The number of fused-ring (bicyclic) bond motifs is 1. The van der Waals surface area contributed by atoms with Gasteiger partial charge in [-0.15, -0.1) is 0 Å². The molecule has 0 aromatic carbocycles. The number of halogens is 1. The van der Waals surface area contributed by atoms with Gasteiger partial charge in [0.1, 0.15) is 6.61 Å². The summed E-state index contributed by atoms with van der Waals surface area (Å²) in [6.45, 7) is 0.600. The molecule has 0 bridgehead atoms. The van der Waals surface area contributed by atoms with E-state index in [1.807, 2.05) is 12.2 Å². The van der Waals surface area contributed by atoms with Gasteiger partial charge >= 0.3 is 0 Å². The molecule has 0 aliphatic carbocycles. The predicted octanol–water partition coefficient (Wildman–Crippen LogP) is 2.34. The second kappa shape index (κ2) is 2.06. The van der Waals surface area contributed by atoms with Crippen LogP contribution in [0.1, 0.15) is 5.76 Å². The summed E-state index contributed by atoms with van der Waals surface area (Å²) >= 11 is 5.57. The van der Waals surface area contributed by atoms with Crippen LogP contribution in [-0.4, -0.2) is 6.61 Å². The molecule has 0 saturated heterocycles. The van der Waals surface area contributed by atoms with Gasteiger partial charge in [-0.1, -0.05) is 0 Å². The van der Waals surface area contributed by atoms with Crippen molar-refractivity contribution in [1.82, 2.24) is 0 Å².